The lowest BCUT2D eigenvalue weighted by molar-refractivity contribution is -0.137. The predicted octanol–water partition coefficient (Wildman–Crippen LogP) is 3.04. The van der Waals surface area contributed by atoms with Gasteiger partial charge in [0.15, 0.2) is 0 Å². The Morgan fingerprint density at radius 2 is 1.62 bits per heavy atom. The van der Waals surface area contributed by atoms with Crippen LogP contribution in [0.4, 0.5) is 18.9 Å². The highest BCUT2D eigenvalue weighted by atomic mass is 32.2. The minimum atomic E-state index is -4.63. The Labute approximate surface area is 149 Å². The third-order valence-corrected chi connectivity index (χ3v) is 5.04. The monoisotopic (exact) mass is 386 g/mol. The molecule has 0 aliphatic carbocycles. The highest BCUT2D eigenvalue weighted by Gasteiger charge is 2.35. The van der Waals surface area contributed by atoms with Crippen molar-refractivity contribution in [3.05, 3.63) is 60.2 Å². The van der Waals surface area contributed by atoms with Gasteiger partial charge < -0.3 is 4.90 Å². The lowest BCUT2D eigenvalue weighted by atomic mass is 10.1. The van der Waals surface area contributed by atoms with Crippen molar-refractivity contribution in [3.63, 3.8) is 0 Å². The number of anilines is 1. The van der Waals surface area contributed by atoms with Gasteiger partial charge in [-0.25, -0.2) is 13.1 Å². The summed E-state index contributed by atoms with van der Waals surface area (Å²) in [6.07, 6.45) is -4.63. The van der Waals surface area contributed by atoms with Gasteiger partial charge >= 0.3 is 6.18 Å². The molecule has 9 heteroatoms. The van der Waals surface area contributed by atoms with E-state index in [0.717, 1.165) is 17.9 Å². The van der Waals surface area contributed by atoms with E-state index < -0.39 is 27.7 Å². The number of para-hydroxylation sites is 1. The summed E-state index contributed by atoms with van der Waals surface area (Å²) in [7, 11) is -3.81. The largest absolute Gasteiger partial charge is 0.418 e. The Bertz CT molecular complexity index is 868. The molecular weight excluding hydrogens is 369 g/mol. The number of halogens is 3. The van der Waals surface area contributed by atoms with Gasteiger partial charge in [-0.3, -0.25) is 4.79 Å². The zero-order chi connectivity index (χ0) is 19.4. The summed E-state index contributed by atoms with van der Waals surface area (Å²) in [5, 5.41) is 0. The fourth-order valence-electron chi connectivity index (χ4n) is 2.37. The van der Waals surface area contributed by atoms with Crippen molar-refractivity contribution in [3.8, 4) is 0 Å². The number of sulfonamides is 1. The maximum atomic E-state index is 13.2. The molecule has 0 atom stereocenters. The van der Waals surface area contributed by atoms with Crippen LogP contribution in [0.2, 0.25) is 0 Å². The zero-order valence-corrected chi connectivity index (χ0v) is 14.6. The summed E-state index contributed by atoms with van der Waals surface area (Å²) in [6.45, 7) is 0.649. The zero-order valence-electron chi connectivity index (χ0n) is 13.8. The second kappa shape index (κ2) is 7.88. The molecule has 0 spiro atoms. The molecule has 0 saturated carbocycles. The van der Waals surface area contributed by atoms with Crippen molar-refractivity contribution in [1.29, 1.82) is 0 Å². The van der Waals surface area contributed by atoms with Crippen LogP contribution in [0.15, 0.2) is 59.5 Å². The van der Waals surface area contributed by atoms with E-state index in [9.17, 15) is 26.4 Å². The summed E-state index contributed by atoms with van der Waals surface area (Å²) >= 11 is 0. The third-order valence-electron chi connectivity index (χ3n) is 3.56. The molecule has 0 aliphatic rings. The van der Waals surface area contributed by atoms with E-state index in [-0.39, 0.29) is 23.7 Å². The van der Waals surface area contributed by atoms with Crippen LogP contribution in [0.25, 0.3) is 0 Å². The van der Waals surface area contributed by atoms with E-state index in [4.69, 9.17) is 0 Å². The molecule has 0 saturated heterocycles. The second-order valence-corrected chi connectivity index (χ2v) is 7.16. The number of amides is 1. The molecule has 0 unspecified atom stereocenters. The molecule has 1 N–H and O–H groups in total. The first kappa shape index (κ1) is 19.9. The second-order valence-electron chi connectivity index (χ2n) is 5.40. The van der Waals surface area contributed by atoms with E-state index in [2.05, 4.69) is 4.72 Å². The first-order valence-electron chi connectivity index (χ1n) is 7.62. The van der Waals surface area contributed by atoms with Crippen LogP contribution in [0.3, 0.4) is 0 Å². The number of carbonyl (C=O) groups excluding carboxylic acids is 1. The average Bonchev–Trinajstić information content (AvgIpc) is 2.58. The maximum absolute atomic E-state index is 13.2. The smallest absolute Gasteiger partial charge is 0.311 e. The van der Waals surface area contributed by atoms with E-state index >= 15 is 0 Å². The standard InChI is InChI=1S/C17H17F3N2O3S/c1-13(23)22(16-10-6-5-9-15(16)17(18,19)20)12-11-21-26(24,25)14-7-3-2-4-8-14/h2-10,21H,11-12H2,1H3. The Morgan fingerprint density at radius 3 is 2.19 bits per heavy atom. The average molecular weight is 386 g/mol. The Morgan fingerprint density at radius 1 is 1.04 bits per heavy atom. The normalized spacial score (nSPS) is 12.0. The van der Waals surface area contributed by atoms with Crippen LogP contribution in [0, 0.1) is 0 Å². The topological polar surface area (TPSA) is 66.5 Å². The van der Waals surface area contributed by atoms with Gasteiger partial charge in [-0.05, 0) is 24.3 Å². The van der Waals surface area contributed by atoms with Crippen LogP contribution in [0.5, 0.6) is 0 Å². The van der Waals surface area contributed by atoms with Crippen molar-refractivity contribution in [2.24, 2.45) is 0 Å². The molecule has 140 valence electrons. The lowest BCUT2D eigenvalue weighted by Crippen LogP contribution is -2.38. The van der Waals surface area contributed by atoms with Crippen molar-refractivity contribution >= 4 is 21.6 Å². The molecule has 0 aliphatic heterocycles. The number of hydrogen-bond acceptors (Lipinski definition) is 3. The van der Waals surface area contributed by atoms with Gasteiger partial charge in [-0.2, -0.15) is 13.2 Å². The minimum absolute atomic E-state index is 0.0325. The van der Waals surface area contributed by atoms with E-state index in [1.807, 2.05) is 0 Å². The van der Waals surface area contributed by atoms with Gasteiger partial charge in [0.25, 0.3) is 0 Å². The summed E-state index contributed by atoms with van der Waals surface area (Å²) < 4.78 is 66.1. The molecule has 5 nitrogen and oxygen atoms in total. The molecule has 0 heterocycles. The highest BCUT2D eigenvalue weighted by molar-refractivity contribution is 7.89. The third kappa shape index (κ3) is 4.83. The van der Waals surface area contributed by atoms with Gasteiger partial charge in [0.05, 0.1) is 16.1 Å². The van der Waals surface area contributed by atoms with Crippen molar-refractivity contribution < 1.29 is 26.4 Å². The molecule has 26 heavy (non-hydrogen) atoms. The highest BCUT2D eigenvalue weighted by Crippen LogP contribution is 2.36. The molecule has 0 fully saturated rings. The number of rotatable bonds is 6. The summed E-state index contributed by atoms with van der Waals surface area (Å²) in [6, 6.07) is 12.2. The van der Waals surface area contributed by atoms with Gasteiger partial charge in [-0.15, -0.1) is 0 Å². The summed E-state index contributed by atoms with van der Waals surface area (Å²) in [4.78, 5) is 12.8. The molecule has 2 rings (SSSR count). The van der Waals surface area contributed by atoms with Gasteiger partial charge in [0.1, 0.15) is 0 Å². The van der Waals surface area contributed by atoms with E-state index in [1.54, 1.807) is 18.2 Å². The number of benzene rings is 2. The van der Waals surface area contributed by atoms with Crippen molar-refractivity contribution in [2.45, 2.75) is 18.0 Å². The fraction of sp³-hybridized carbons (Fsp3) is 0.235. The van der Waals surface area contributed by atoms with Crippen molar-refractivity contribution in [1.82, 2.24) is 4.72 Å². The van der Waals surface area contributed by atoms with Crippen LogP contribution < -0.4 is 9.62 Å². The van der Waals surface area contributed by atoms with Gasteiger partial charge in [0.2, 0.25) is 15.9 Å². The van der Waals surface area contributed by atoms with Crippen LogP contribution >= 0.6 is 0 Å². The molecular formula is C17H17F3N2O3S. The summed E-state index contributed by atoms with van der Waals surface area (Å²) in [5.74, 6) is -0.624. The SMILES string of the molecule is CC(=O)N(CCNS(=O)(=O)c1ccccc1)c1ccccc1C(F)(F)F. The van der Waals surface area contributed by atoms with Crippen LogP contribution in [0.1, 0.15) is 12.5 Å². The lowest BCUT2D eigenvalue weighted by Gasteiger charge is -2.25. The van der Waals surface area contributed by atoms with Crippen LogP contribution in [-0.2, 0) is 21.0 Å². The number of carbonyl (C=O) groups is 1. The quantitative estimate of drug-likeness (QED) is 0.830. The minimum Gasteiger partial charge on any atom is -0.311 e. The number of nitrogens with zero attached hydrogens (tertiary/aromatic N) is 1. The number of nitrogens with one attached hydrogen (secondary N) is 1. The Kier molecular flexibility index (Phi) is 6.04. The molecule has 2 aromatic carbocycles. The fourth-order valence-corrected chi connectivity index (χ4v) is 3.41. The first-order valence-corrected chi connectivity index (χ1v) is 9.10. The number of alkyl halides is 3. The van der Waals surface area contributed by atoms with E-state index in [1.165, 1.54) is 30.3 Å². The molecule has 0 aromatic heterocycles. The Hall–Kier alpha value is -2.39. The molecule has 2 aromatic rings. The first-order chi connectivity index (χ1) is 12.1. The number of hydrogen-bond donors (Lipinski definition) is 1. The van der Waals surface area contributed by atoms with Crippen LogP contribution in [-0.4, -0.2) is 27.4 Å². The van der Waals surface area contributed by atoms with E-state index in [0.29, 0.717) is 0 Å². The summed E-state index contributed by atoms with van der Waals surface area (Å²) in [5.41, 5.74) is -1.27. The van der Waals surface area contributed by atoms with Gasteiger partial charge in [0, 0.05) is 20.0 Å². The maximum Gasteiger partial charge on any atom is 0.418 e. The molecule has 0 bridgehead atoms. The molecule has 1 amide bonds. The predicted molar refractivity (Wildman–Crippen MR) is 91.1 cm³/mol. The Balaban J connectivity index is 2.18. The van der Waals surface area contributed by atoms with Gasteiger partial charge in [-0.1, -0.05) is 30.3 Å². The van der Waals surface area contributed by atoms with Crippen molar-refractivity contribution in [2.75, 3.05) is 18.0 Å². The molecule has 0 radical (unpaired) electrons.